The van der Waals surface area contributed by atoms with E-state index in [9.17, 15) is 4.79 Å². The highest BCUT2D eigenvalue weighted by molar-refractivity contribution is 6.42. The minimum Gasteiger partial charge on any atom is -1.00 e. The van der Waals surface area contributed by atoms with Gasteiger partial charge in [0.1, 0.15) is 0 Å². The molecule has 2 heterocycles. The van der Waals surface area contributed by atoms with Crippen molar-refractivity contribution in [1.29, 1.82) is 0 Å². The molecule has 2 aliphatic rings. The Morgan fingerprint density at radius 3 is 2.48 bits per heavy atom. The summed E-state index contributed by atoms with van der Waals surface area (Å²) in [5.41, 5.74) is 2.94. The van der Waals surface area contributed by atoms with Crippen LogP contribution in [0.3, 0.4) is 0 Å². The van der Waals surface area contributed by atoms with Crippen molar-refractivity contribution in [3.8, 4) is 0 Å². The van der Waals surface area contributed by atoms with Crippen LogP contribution >= 0.6 is 23.2 Å². The number of benzene rings is 2. The molecule has 0 aliphatic carbocycles. The Bertz CT molecular complexity index is 921. The molecule has 2 aromatic carbocycles. The fourth-order valence-corrected chi connectivity index (χ4v) is 5.12. The number of fused-ring (bicyclic) bond motifs is 1. The summed E-state index contributed by atoms with van der Waals surface area (Å²) in [5, 5.41) is 4.29. The molecule has 1 N–H and O–H groups in total. The monoisotopic (exact) mass is 481 g/mol. The van der Waals surface area contributed by atoms with E-state index in [1.54, 1.807) is 0 Å². The summed E-state index contributed by atoms with van der Waals surface area (Å²) in [7, 11) is 0. The third-order valence-corrected chi connectivity index (χ3v) is 7.44. The van der Waals surface area contributed by atoms with Crippen molar-refractivity contribution in [3.63, 3.8) is 0 Å². The van der Waals surface area contributed by atoms with Gasteiger partial charge in [0.15, 0.2) is 0 Å². The van der Waals surface area contributed by atoms with E-state index in [-0.39, 0.29) is 25.2 Å². The molecule has 0 radical (unpaired) electrons. The minimum atomic E-state index is -0.358. The van der Waals surface area contributed by atoms with E-state index < -0.39 is 0 Å². The van der Waals surface area contributed by atoms with Gasteiger partial charge in [-0.1, -0.05) is 54.7 Å². The molecule has 1 fully saturated rings. The molecule has 4 rings (SSSR count). The van der Waals surface area contributed by atoms with Crippen LogP contribution in [0.15, 0.2) is 42.5 Å². The lowest BCUT2D eigenvalue weighted by molar-refractivity contribution is -0.121. The zero-order valence-corrected chi connectivity index (χ0v) is 20.1. The lowest BCUT2D eigenvalue weighted by Gasteiger charge is -2.36. The van der Waals surface area contributed by atoms with E-state index in [4.69, 9.17) is 23.2 Å². The molecule has 0 bridgehead atoms. The molecule has 1 amide bonds. The molecular weight excluding hydrogens is 453 g/mol. The molecule has 0 saturated carbocycles. The number of anilines is 2. The van der Waals surface area contributed by atoms with Crippen LogP contribution in [0.5, 0.6) is 0 Å². The van der Waals surface area contributed by atoms with E-state index in [0.717, 1.165) is 69.8 Å². The Labute approximate surface area is 202 Å². The van der Waals surface area contributed by atoms with Crippen molar-refractivity contribution in [3.05, 3.63) is 58.1 Å². The minimum absolute atomic E-state index is 0. The van der Waals surface area contributed by atoms with Crippen LogP contribution in [0, 0.1) is 0 Å². The van der Waals surface area contributed by atoms with Crippen LogP contribution < -0.4 is 22.6 Å². The number of unbranched alkanes of at least 4 members (excludes halogenated alkanes) is 1. The van der Waals surface area contributed by atoms with Gasteiger partial charge in [0.2, 0.25) is 5.91 Å². The summed E-state index contributed by atoms with van der Waals surface area (Å²) < 4.78 is 0. The van der Waals surface area contributed by atoms with E-state index in [2.05, 4.69) is 28.1 Å². The lowest BCUT2D eigenvalue weighted by atomic mass is 9.75. The molecule has 0 aromatic heterocycles. The zero-order valence-electron chi connectivity index (χ0n) is 18.8. The third kappa shape index (κ3) is 4.98. The fourth-order valence-electron chi connectivity index (χ4n) is 4.82. The topological polar surface area (TPSA) is 35.6 Å². The SMILES string of the molecule is CCC1(CCCCN2CCN(c3ccc(Cl)c(Cl)c3)CC2)C(=O)Nc2ccccc21.[Cl-].[H+]. The van der Waals surface area contributed by atoms with Crippen molar-refractivity contribution in [2.24, 2.45) is 0 Å². The van der Waals surface area contributed by atoms with Gasteiger partial charge in [-0.15, -0.1) is 0 Å². The molecule has 1 saturated heterocycles. The largest absolute Gasteiger partial charge is 1.00 e. The van der Waals surface area contributed by atoms with Gasteiger partial charge in [-0.05, 0) is 55.6 Å². The van der Waals surface area contributed by atoms with Crippen LogP contribution in [0.25, 0.3) is 0 Å². The number of para-hydroxylation sites is 1. The van der Waals surface area contributed by atoms with Crippen LogP contribution in [0.2, 0.25) is 10.0 Å². The predicted molar refractivity (Wildman–Crippen MR) is 127 cm³/mol. The average molecular weight is 483 g/mol. The van der Waals surface area contributed by atoms with Crippen LogP contribution in [-0.4, -0.2) is 43.5 Å². The Hall–Kier alpha value is -1.46. The van der Waals surface area contributed by atoms with Gasteiger partial charge in [-0.2, -0.15) is 0 Å². The Kier molecular flexibility index (Phi) is 8.14. The first-order chi connectivity index (χ1) is 14.5. The summed E-state index contributed by atoms with van der Waals surface area (Å²) in [6.07, 6.45) is 3.93. The second-order valence-corrected chi connectivity index (χ2v) is 9.13. The smallest absolute Gasteiger partial charge is 1.00 e. The maximum absolute atomic E-state index is 12.8. The molecule has 1 atom stereocenters. The number of carbonyl (C=O) groups is 1. The van der Waals surface area contributed by atoms with Gasteiger partial charge in [-0.25, -0.2) is 0 Å². The Balaban J connectivity index is 0.00000181. The number of piperazine rings is 1. The van der Waals surface area contributed by atoms with Gasteiger partial charge in [-0.3, -0.25) is 9.69 Å². The number of nitrogens with zero attached hydrogens (tertiary/aromatic N) is 2. The van der Waals surface area contributed by atoms with Gasteiger partial charge in [0.05, 0.1) is 15.5 Å². The Morgan fingerprint density at radius 1 is 1.03 bits per heavy atom. The highest BCUT2D eigenvalue weighted by Crippen LogP contribution is 2.43. The number of nitrogens with one attached hydrogen (secondary N) is 1. The molecule has 0 spiro atoms. The van der Waals surface area contributed by atoms with Crippen LogP contribution in [0.1, 0.15) is 39.6 Å². The molecule has 7 heteroatoms. The number of rotatable bonds is 7. The molecule has 2 aliphatic heterocycles. The van der Waals surface area contributed by atoms with Crippen molar-refractivity contribution in [2.75, 3.05) is 42.9 Å². The van der Waals surface area contributed by atoms with Crippen LogP contribution in [-0.2, 0) is 10.2 Å². The molecular formula is C24H30Cl3N3O. The molecule has 1 unspecified atom stereocenters. The maximum atomic E-state index is 12.8. The molecule has 2 aromatic rings. The van der Waals surface area contributed by atoms with Gasteiger partial charge >= 0.3 is 1.43 Å². The third-order valence-electron chi connectivity index (χ3n) is 6.70. The highest BCUT2D eigenvalue weighted by atomic mass is 35.5. The lowest BCUT2D eigenvalue weighted by Crippen LogP contribution is -3.00. The number of amides is 1. The number of halogens is 3. The fraction of sp³-hybridized carbons (Fsp3) is 0.458. The van der Waals surface area contributed by atoms with E-state index in [0.29, 0.717) is 10.0 Å². The summed E-state index contributed by atoms with van der Waals surface area (Å²) in [4.78, 5) is 17.6. The second-order valence-electron chi connectivity index (χ2n) is 8.32. The van der Waals surface area contributed by atoms with Crippen LogP contribution in [0.4, 0.5) is 11.4 Å². The first-order valence-corrected chi connectivity index (χ1v) is 11.6. The van der Waals surface area contributed by atoms with Crippen molar-refractivity contribution in [2.45, 2.75) is 38.0 Å². The summed E-state index contributed by atoms with van der Waals surface area (Å²) in [6.45, 7) is 7.28. The number of carbonyl (C=O) groups excluding carboxylic acids is 1. The van der Waals surface area contributed by atoms with Crippen molar-refractivity contribution in [1.82, 2.24) is 4.90 Å². The highest BCUT2D eigenvalue weighted by Gasteiger charge is 2.44. The van der Waals surface area contributed by atoms with Gasteiger partial charge in [0, 0.05) is 37.6 Å². The average Bonchev–Trinajstić information content (AvgIpc) is 3.05. The van der Waals surface area contributed by atoms with Crippen molar-refractivity contribution < 1.29 is 18.6 Å². The summed E-state index contributed by atoms with van der Waals surface area (Å²) >= 11 is 12.2. The molecule has 168 valence electrons. The Morgan fingerprint density at radius 2 is 1.77 bits per heavy atom. The molecule has 31 heavy (non-hydrogen) atoms. The quantitative estimate of drug-likeness (QED) is 0.617. The van der Waals surface area contributed by atoms with Gasteiger partial charge < -0.3 is 22.6 Å². The zero-order chi connectivity index (χ0) is 21.1. The first kappa shape index (κ1) is 24.2. The van der Waals surface area contributed by atoms with E-state index in [1.165, 1.54) is 5.56 Å². The number of hydrogen-bond acceptors (Lipinski definition) is 3. The van der Waals surface area contributed by atoms with E-state index in [1.807, 2.05) is 36.4 Å². The molecule has 4 nitrogen and oxygen atoms in total. The standard InChI is InChI=1S/C24H29Cl2N3O.ClH/c1-2-24(19-7-3-4-8-22(19)27-23(24)30)11-5-6-12-28-13-15-29(16-14-28)18-9-10-20(25)21(26)17-18;/h3-4,7-10,17H,2,5-6,11-16H2,1H3,(H,27,30);1H. The summed E-state index contributed by atoms with van der Waals surface area (Å²) in [6, 6.07) is 14.0. The summed E-state index contributed by atoms with van der Waals surface area (Å²) in [5.74, 6) is 0.168. The van der Waals surface area contributed by atoms with E-state index >= 15 is 0 Å². The second kappa shape index (κ2) is 10.4. The first-order valence-electron chi connectivity index (χ1n) is 10.9. The number of hydrogen-bond donors (Lipinski definition) is 1. The maximum Gasteiger partial charge on any atom is 1.00 e. The predicted octanol–water partition coefficient (Wildman–Crippen LogP) is 2.70. The van der Waals surface area contributed by atoms with Crippen molar-refractivity contribution >= 4 is 40.5 Å². The van der Waals surface area contributed by atoms with Gasteiger partial charge in [0.25, 0.3) is 0 Å². The normalized spacial score (nSPS) is 20.9.